The maximum absolute atomic E-state index is 12.7. The van der Waals surface area contributed by atoms with E-state index in [0.717, 1.165) is 19.3 Å². The molecule has 1 fully saturated rings. The summed E-state index contributed by atoms with van der Waals surface area (Å²) >= 11 is 0. The van der Waals surface area contributed by atoms with Gasteiger partial charge in [0.2, 0.25) is 5.91 Å². The zero-order valence-electron chi connectivity index (χ0n) is 14.8. The smallest absolute Gasteiger partial charge is 0.289 e. The summed E-state index contributed by atoms with van der Waals surface area (Å²) < 4.78 is 5.19. The first-order valence-corrected chi connectivity index (χ1v) is 9.43. The van der Waals surface area contributed by atoms with Crippen LogP contribution in [0.2, 0.25) is 0 Å². The fourth-order valence-electron chi connectivity index (χ4n) is 4.09. The molecule has 0 radical (unpaired) electrons. The second-order valence-electron chi connectivity index (χ2n) is 7.20. The minimum absolute atomic E-state index is 0.0234. The number of aryl methyl sites for hydroxylation is 1. The number of furan rings is 1. The van der Waals surface area contributed by atoms with Crippen LogP contribution < -0.4 is 5.32 Å². The summed E-state index contributed by atoms with van der Waals surface area (Å²) in [6.45, 7) is 1.19. The van der Waals surface area contributed by atoms with E-state index >= 15 is 0 Å². The third kappa shape index (κ3) is 3.39. The van der Waals surface area contributed by atoms with Gasteiger partial charge in [0.15, 0.2) is 5.76 Å². The van der Waals surface area contributed by atoms with E-state index in [4.69, 9.17) is 4.42 Å². The Morgan fingerprint density at radius 2 is 1.85 bits per heavy atom. The number of carbonyl (C=O) groups excluding carboxylic acids is 2. The molecule has 0 saturated carbocycles. The number of benzene rings is 1. The average Bonchev–Trinajstić information content (AvgIpc) is 3.23. The van der Waals surface area contributed by atoms with E-state index in [1.165, 1.54) is 17.4 Å². The number of hydrogen-bond acceptors (Lipinski definition) is 3. The maximum Gasteiger partial charge on any atom is 0.289 e. The molecule has 1 aromatic heterocycles. The first kappa shape index (κ1) is 16.9. The minimum Gasteiger partial charge on any atom is -0.459 e. The van der Waals surface area contributed by atoms with Gasteiger partial charge in [-0.05, 0) is 55.4 Å². The maximum atomic E-state index is 12.7. The van der Waals surface area contributed by atoms with Gasteiger partial charge in [-0.3, -0.25) is 9.59 Å². The molecule has 0 unspecified atom stereocenters. The molecule has 26 heavy (non-hydrogen) atoms. The lowest BCUT2D eigenvalue weighted by molar-refractivity contribution is -0.127. The molecule has 0 spiro atoms. The van der Waals surface area contributed by atoms with Crippen molar-refractivity contribution in [2.24, 2.45) is 5.92 Å². The third-order valence-corrected chi connectivity index (χ3v) is 5.57. The third-order valence-electron chi connectivity index (χ3n) is 5.57. The number of carbonyl (C=O) groups is 2. The van der Waals surface area contributed by atoms with E-state index < -0.39 is 0 Å². The van der Waals surface area contributed by atoms with E-state index in [0.29, 0.717) is 31.7 Å². The van der Waals surface area contributed by atoms with Crippen LogP contribution in [0.5, 0.6) is 0 Å². The number of amides is 2. The van der Waals surface area contributed by atoms with E-state index in [9.17, 15) is 9.59 Å². The van der Waals surface area contributed by atoms with E-state index in [1.807, 2.05) is 6.07 Å². The van der Waals surface area contributed by atoms with Gasteiger partial charge in [0.05, 0.1) is 12.3 Å². The molecule has 2 aromatic rings. The van der Waals surface area contributed by atoms with Gasteiger partial charge in [0, 0.05) is 19.0 Å². The fraction of sp³-hybridized carbons (Fsp3) is 0.429. The molecule has 1 aliphatic heterocycles. The summed E-state index contributed by atoms with van der Waals surface area (Å²) in [4.78, 5) is 26.8. The van der Waals surface area contributed by atoms with Gasteiger partial charge in [-0.25, -0.2) is 0 Å². The fourth-order valence-corrected chi connectivity index (χ4v) is 4.09. The predicted molar refractivity (Wildman–Crippen MR) is 97.6 cm³/mol. The second-order valence-corrected chi connectivity index (χ2v) is 7.20. The highest BCUT2D eigenvalue weighted by Gasteiger charge is 2.30. The van der Waals surface area contributed by atoms with Crippen LogP contribution in [0.15, 0.2) is 47.1 Å². The number of piperidine rings is 1. The highest BCUT2D eigenvalue weighted by molar-refractivity contribution is 5.91. The van der Waals surface area contributed by atoms with Crippen molar-refractivity contribution < 1.29 is 14.0 Å². The second kappa shape index (κ2) is 7.36. The van der Waals surface area contributed by atoms with Crippen LogP contribution in [0, 0.1) is 5.92 Å². The van der Waals surface area contributed by atoms with Crippen LogP contribution in [0.25, 0.3) is 0 Å². The Bertz CT molecular complexity index is 776. The Balaban J connectivity index is 1.34. The molecule has 1 atom stereocenters. The highest BCUT2D eigenvalue weighted by atomic mass is 16.3. The van der Waals surface area contributed by atoms with Gasteiger partial charge in [-0.15, -0.1) is 0 Å². The SMILES string of the molecule is O=C(N[C@@H]1CCCc2ccccc21)C1CCN(C(=O)c2ccco2)CC1. The molecule has 4 rings (SSSR count). The minimum atomic E-state index is -0.0879. The molecule has 1 aliphatic carbocycles. The van der Waals surface area contributed by atoms with Crippen molar-refractivity contribution in [1.29, 1.82) is 0 Å². The largest absolute Gasteiger partial charge is 0.459 e. The van der Waals surface area contributed by atoms with Gasteiger partial charge < -0.3 is 14.6 Å². The lowest BCUT2D eigenvalue weighted by Crippen LogP contribution is -2.44. The molecular formula is C21H24N2O3. The molecule has 2 amide bonds. The first-order chi connectivity index (χ1) is 12.7. The summed E-state index contributed by atoms with van der Waals surface area (Å²) in [5, 5.41) is 3.26. The number of hydrogen-bond donors (Lipinski definition) is 1. The van der Waals surface area contributed by atoms with E-state index in [-0.39, 0.29) is 23.8 Å². The lowest BCUT2D eigenvalue weighted by Gasteiger charge is -2.33. The van der Waals surface area contributed by atoms with E-state index in [1.54, 1.807) is 17.0 Å². The Morgan fingerprint density at radius 1 is 1.04 bits per heavy atom. The number of nitrogens with zero attached hydrogens (tertiary/aromatic N) is 1. The molecule has 2 heterocycles. The van der Waals surface area contributed by atoms with Gasteiger partial charge in [0.1, 0.15) is 0 Å². The average molecular weight is 352 g/mol. The van der Waals surface area contributed by atoms with Gasteiger partial charge in [0.25, 0.3) is 5.91 Å². The Morgan fingerprint density at radius 3 is 2.62 bits per heavy atom. The summed E-state index contributed by atoms with van der Waals surface area (Å²) in [6.07, 6.45) is 6.11. The molecule has 0 bridgehead atoms. The Hall–Kier alpha value is -2.56. The zero-order valence-corrected chi connectivity index (χ0v) is 14.8. The van der Waals surface area contributed by atoms with Gasteiger partial charge >= 0.3 is 0 Å². The van der Waals surface area contributed by atoms with Crippen molar-refractivity contribution in [2.45, 2.75) is 38.1 Å². The lowest BCUT2D eigenvalue weighted by atomic mass is 9.87. The molecule has 5 nitrogen and oxygen atoms in total. The Kier molecular flexibility index (Phi) is 4.78. The van der Waals surface area contributed by atoms with Crippen LogP contribution in [-0.2, 0) is 11.2 Å². The van der Waals surface area contributed by atoms with Crippen LogP contribution in [-0.4, -0.2) is 29.8 Å². The number of rotatable bonds is 3. The summed E-state index contributed by atoms with van der Waals surface area (Å²) in [6, 6.07) is 11.9. The molecular weight excluding hydrogens is 328 g/mol. The monoisotopic (exact) mass is 352 g/mol. The summed E-state index contributed by atoms with van der Waals surface area (Å²) in [5.41, 5.74) is 2.61. The van der Waals surface area contributed by atoms with Crippen molar-refractivity contribution in [3.05, 3.63) is 59.5 Å². The molecule has 1 saturated heterocycles. The van der Waals surface area contributed by atoms with Crippen LogP contribution >= 0.6 is 0 Å². The van der Waals surface area contributed by atoms with Crippen molar-refractivity contribution in [3.63, 3.8) is 0 Å². The standard InChI is InChI=1S/C21H24N2O3/c24-20(22-18-8-3-6-15-5-1-2-7-17(15)18)16-10-12-23(13-11-16)21(25)19-9-4-14-26-19/h1-2,4-5,7,9,14,16,18H,3,6,8,10-13H2,(H,22,24)/t18-/m1/s1. The van der Waals surface area contributed by atoms with Crippen molar-refractivity contribution >= 4 is 11.8 Å². The van der Waals surface area contributed by atoms with Crippen molar-refractivity contribution in [3.8, 4) is 0 Å². The molecule has 2 aliphatic rings. The van der Waals surface area contributed by atoms with Crippen LogP contribution in [0.1, 0.15) is 53.4 Å². The first-order valence-electron chi connectivity index (χ1n) is 9.43. The number of fused-ring (bicyclic) bond motifs is 1. The van der Waals surface area contributed by atoms with Crippen molar-refractivity contribution in [1.82, 2.24) is 10.2 Å². The normalized spacial score (nSPS) is 20.5. The molecule has 5 heteroatoms. The van der Waals surface area contributed by atoms with Gasteiger partial charge in [-0.1, -0.05) is 24.3 Å². The summed E-state index contributed by atoms with van der Waals surface area (Å²) in [7, 11) is 0. The molecule has 136 valence electrons. The van der Waals surface area contributed by atoms with E-state index in [2.05, 4.69) is 23.5 Å². The number of nitrogens with one attached hydrogen (secondary N) is 1. The highest BCUT2D eigenvalue weighted by Crippen LogP contribution is 2.30. The van der Waals surface area contributed by atoms with Crippen molar-refractivity contribution in [2.75, 3.05) is 13.1 Å². The van der Waals surface area contributed by atoms with Gasteiger partial charge in [-0.2, -0.15) is 0 Å². The quantitative estimate of drug-likeness (QED) is 0.922. The molecule has 1 N–H and O–H groups in total. The summed E-state index contributed by atoms with van der Waals surface area (Å²) in [5.74, 6) is 0.378. The van der Waals surface area contributed by atoms with Crippen LogP contribution in [0.3, 0.4) is 0 Å². The molecule has 1 aromatic carbocycles. The zero-order chi connectivity index (χ0) is 17.9. The number of likely N-dealkylation sites (tertiary alicyclic amines) is 1. The Labute approximate surface area is 153 Å². The predicted octanol–water partition coefficient (Wildman–Crippen LogP) is 3.33. The topological polar surface area (TPSA) is 62.6 Å². The van der Waals surface area contributed by atoms with Crippen LogP contribution in [0.4, 0.5) is 0 Å².